The van der Waals surface area contributed by atoms with Crippen LogP contribution in [-0.2, 0) is 0 Å². The molecule has 0 unspecified atom stereocenters. The average Bonchev–Trinajstić information content (AvgIpc) is 2.98. The Hall–Kier alpha value is -2.74. The molecular formula is C16H16ClN7O. The minimum atomic E-state index is -0.0661. The average molecular weight is 358 g/mol. The largest absolute Gasteiger partial charge is 0.353 e. The SMILES string of the molecule is O=C(c1ccncc1Cl)N1CCCN(c2ncnc3nc[nH]c23)CC1. The number of pyridine rings is 1. The van der Waals surface area contributed by atoms with E-state index in [4.69, 9.17) is 11.6 Å². The summed E-state index contributed by atoms with van der Waals surface area (Å²) in [6.45, 7) is 2.75. The molecule has 4 rings (SSSR count). The van der Waals surface area contributed by atoms with Gasteiger partial charge in [0.05, 0.1) is 16.9 Å². The lowest BCUT2D eigenvalue weighted by Gasteiger charge is -2.23. The summed E-state index contributed by atoms with van der Waals surface area (Å²) in [7, 11) is 0. The van der Waals surface area contributed by atoms with E-state index in [0.29, 0.717) is 35.9 Å². The van der Waals surface area contributed by atoms with E-state index < -0.39 is 0 Å². The monoisotopic (exact) mass is 357 g/mol. The minimum Gasteiger partial charge on any atom is -0.353 e. The van der Waals surface area contributed by atoms with Crippen LogP contribution in [0.1, 0.15) is 16.8 Å². The van der Waals surface area contributed by atoms with Gasteiger partial charge in [-0.25, -0.2) is 15.0 Å². The van der Waals surface area contributed by atoms with Crippen molar-refractivity contribution in [2.24, 2.45) is 0 Å². The second kappa shape index (κ2) is 6.64. The van der Waals surface area contributed by atoms with Gasteiger partial charge >= 0.3 is 0 Å². The minimum absolute atomic E-state index is 0.0661. The number of nitrogens with one attached hydrogen (secondary N) is 1. The van der Waals surface area contributed by atoms with Crippen LogP contribution in [0.2, 0.25) is 5.02 Å². The summed E-state index contributed by atoms with van der Waals surface area (Å²) >= 11 is 6.11. The molecular weight excluding hydrogens is 342 g/mol. The zero-order chi connectivity index (χ0) is 17.2. The van der Waals surface area contributed by atoms with Crippen molar-refractivity contribution in [1.29, 1.82) is 0 Å². The zero-order valence-electron chi connectivity index (χ0n) is 13.4. The summed E-state index contributed by atoms with van der Waals surface area (Å²) in [5.74, 6) is 0.752. The van der Waals surface area contributed by atoms with Crippen molar-refractivity contribution in [2.45, 2.75) is 6.42 Å². The zero-order valence-corrected chi connectivity index (χ0v) is 14.1. The van der Waals surface area contributed by atoms with Gasteiger partial charge < -0.3 is 14.8 Å². The molecule has 3 aromatic heterocycles. The molecule has 8 nitrogen and oxygen atoms in total. The predicted molar refractivity (Wildman–Crippen MR) is 93.7 cm³/mol. The molecule has 128 valence electrons. The number of hydrogen-bond acceptors (Lipinski definition) is 6. The van der Waals surface area contributed by atoms with Crippen molar-refractivity contribution < 1.29 is 4.79 Å². The Morgan fingerprint density at radius 1 is 1.16 bits per heavy atom. The Balaban J connectivity index is 1.54. The van der Waals surface area contributed by atoms with Crippen LogP contribution < -0.4 is 4.90 Å². The van der Waals surface area contributed by atoms with Gasteiger partial charge in [0.15, 0.2) is 11.5 Å². The van der Waals surface area contributed by atoms with Crippen LogP contribution in [0.4, 0.5) is 5.82 Å². The number of rotatable bonds is 2. The summed E-state index contributed by atoms with van der Waals surface area (Å²) in [5, 5.41) is 0.378. The van der Waals surface area contributed by atoms with Crippen molar-refractivity contribution in [3.05, 3.63) is 41.7 Å². The van der Waals surface area contributed by atoms with Crippen molar-refractivity contribution in [3.8, 4) is 0 Å². The first kappa shape index (κ1) is 15.8. The molecule has 0 saturated carbocycles. The van der Waals surface area contributed by atoms with E-state index in [9.17, 15) is 4.79 Å². The summed E-state index contributed by atoms with van der Waals surface area (Å²) in [5.41, 5.74) is 1.95. The lowest BCUT2D eigenvalue weighted by molar-refractivity contribution is 0.0767. The number of hydrogen-bond donors (Lipinski definition) is 1. The summed E-state index contributed by atoms with van der Waals surface area (Å²) in [4.78, 5) is 36.5. The molecule has 1 saturated heterocycles. The van der Waals surface area contributed by atoms with Crippen molar-refractivity contribution in [3.63, 3.8) is 0 Å². The van der Waals surface area contributed by atoms with Gasteiger partial charge in [-0.2, -0.15) is 0 Å². The predicted octanol–water partition coefficient (Wildman–Crippen LogP) is 1.75. The van der Waals surface area contributed by atoms with Crippen LogP contribution in [-0.4, -0.2) is 61.9 Å². The van der Waals surface area contributed by atoms with Crippen molar-refractivity contribution in [2.75, 3.05) is 31.1 Å². The van der Waals surface area contributed by atoms with E-state index in [1.165, 1.54) is 12.5 Å². The van der Waals surface area contributed by atoms with Crippen LogP contribution in [0.5, 0.6) is 0 Å². The van der Waals surface area contributed by atoms with E-state index in [1.54, 1.807) is 18.6 Å². The first-order chi connectivity index (χ1) is 12.2. The first-order valence-corrected chi connectivity index (χ1v) is 8.39. The summed E-state index contributed by atoms with van der Waals surface area (Å²) in [6, 6.07) is 1.66. The van der Waals surface area contributed by atoms with Gasteiger partial charge in [0, 0.05) is 38.6 Å². The number of carbonyl (C=O) groups excluding carboxylic acids is 1. The van der Waals surface area contributed by atoms with E-state index in [-0.39, 0.29) is 5.91 Å². The third-order valence-electron chi connectivity index (χ3n) is 4.29. The number of nitrogens with zero attached hydrogens (tertiary/aromatic N) is 6. The van der Waals surface area contributed by atoms with E-state index in [0.717, 1.165) is 24.3 Å². The maximum atomic E-state index is 12.7. The molecule has 0 atom stereocenters. The lowest BCUT2D eigenvalue weighted by atomic mass is 10.2. The third-order valence-corrected chi connectivity index (χ3v) is 4.59. The van der Waals surface area contributed by atoms with Gasteiger partial charge in [0.25, 0.3) is 5.91 Å². The molecule has 1 amide bonds. The molecule has 9 heteroatoms. The third kappa shape index (κ3) is 3.00. The number of carbonyl (C=O) groups is 1. The highest BCUT2D eigenvalue weighted by Crippen LogP contribution is 2.22. The number of aromatic amines is 1. The fraction of sp³-hybridized carbons (Fsp3) is 0.312. The second-order valence-corrected chi connectivity index (χ2v) is 6.19. The number of H-pyrrole nitrogens is 1. The van der Waals surface area contributed by atoms with Crippen LogP contribution >= 0.6 is 11.6 Å². The molecule has 4 heterocycles. The second-order valence-electron chi connectivity index (χ2n) is 5.79. The standard InChI is InChI=1S/C16H16ClN7O/c17-12-8-18-3-2-11(12)16(25)24-5-1-4-23(6-7-24)15-13-14(20-9-19-13)21-10-22-15/h2-3,8-10H,1,4-7H2,(H,19,20,21,22). The van der Waals surface area contributed by atoms with Crippen LogP contribution in [0.3, 0.4) is 0 Å². The van der Waals surface area contributed by atoms with Crippen LogP contribution in [0.25, 0.3) is 11.2 Å². The van der Waals surface area contributed by atoms with Crippen molar-refractivity contribution in [1.82, 2.24) is 29.8 Å². The Labute approximate surface area is 148 Å². The number of amides is 1. The van der Waals surface area contributed by atoms with Gasteiger partial charge in [0.1, 0.15) is 11.8 Å². The van der Waals surface area contributed by atoms with Gasteiger partial charge in [-0.05, 0) is 12.5 Å². The summed E-state index contributed by atoms with van der Waals surface area (Å²) < 4.78 is 0. The normalized spacial score (nSPS) is 15.4. The number of imidazole rings is 1. The lowest BCUT2D eigenvalue weighted by Crippen LogP contribution is -2.35. The highest BCUT2D eigenvalue weighted by atomic mass is 35.5. The van der Waals surface area contributed by atoms with Gasteiger partial charge in [-0.15, -0.1) is 0 Å². The Bertz CT molecular complexity index is 912. The Morgan fingerprint density at radius 2 is 2.08 bits per heavy atom. The maximum absolute atomic E-state index is 12.7. The van der Waals surface area contributed by atoms with E-state index in [1.807, 2.05) is 4.90 Å². The van der Waals surface area contributed by atoms with E-state index >= 15 is 0 Å². The fourth-order valence-electron chi connectivity index (χ4n) is 3.04. The molecule has 0 bridgehead atoms. The summed E-state index contributed by atoms with van der Waals surface area (Å²) in [6.07, 6.45) is 7.05. The molecule has 1 aliphatic rings. The first-order valence-electron chi connectivity index (χ1n) is 8.02. The molecule has 1 aliphatic heterocycles. The van der Waals surface area contributed by atoms with Crippen LogP contribution in [0, 0.1) is 0 Å². The molecule has 1 N–H and O–H groups in total. The van der Waals surface area contributed by atoms with E-state index in [2.05, 4.69) is 29.8 Å². The smallest absolute Gasteiger partial charge is 0.255 e. The maximum Gasteiger partial charge on any atom is 0.255 e. The Morgan fingerprint density at radius 3 is 2.96 bits per heavy atom. The molecule has 3 aromatic rings. The molecule has 25 heavy (non-hydrogen) atoms. The van der Waals surface area contributed by atoms with Gasteiger partial charge in [0.2, 0.25) is 0 Å². The van der Waals surface area contributed by atoms with Crippen molar-refractivity contribution >= 4 is 34.5 Å². The molecule has 0 aliphatic carbocycles. The fourth-order valence-corrected chi connectivity index (χ4v) is 3.24. The Kier molecular flexibility index (Phi) is 4.19. The molecule has 0 spiro atoms. The quantitative estimate of drug-likeness (QED) is 0.751. The van der Waals surface area contributed by atoms with Gasteiger partial charge in [-0.3, -0.25) is 9.78 Å². The molecule has 0 radical (unpaired) electrons. The molecule has 0 aromatic carbocycles. The highest BCUT2D eigenvalue weighted by molar-refractivity contribution is 6.33. The number of halogens is 1. The number of aromatic nitrogens is 5. The van der Waals surface area contributed by atoms with Crippen LogP contribution in [0.15, 0.2) is 31.1 Å². The topological polar surface area (TPSA) is 90.9 Å². The number of anilines is 1. The highest BCUT2D eigenvalue weighted by Gasteiger charge is 2.23. The van der Waals surface area contributed by atoms with Gasteiger partial charge in [-0.1, -0.05) is 11.6 Å². The molecule has 1 fully saturated rings. The number of fused-ring (bicyclic) bond motifs is 1.